The van der Waals surface area contributed by atoms with Crippen LogP contribution in [0.25, 0.3) is 0 Å². The van der Waals surface area contributed by atoms with Crippen LogP contribution in [0.15, 0.2) is 0 Å². The van der Waals surface area contributed by atoms with Crippen molar-refractivity contribution in [2.45, 2.75) is 30.7 Å². The molecule has 0 saturated carbocycles. The molecule has 14 heavy (non-hydrogen) atoms. The molecule has 1 fully saturated rings. The Balaban J connectivity index is 2.71. The molecule has 2 unspecified atom stereocenters. The molecule has 1 aliphatic heterocycles. The summed E-state index contributed by atoms with van der Waals surface area (Å²) in [4.78, 5) is 0. The molecule has 0 aromatic rings. The largest absolute Gasteiger partial charge is 0.394 e. The molecule has 0 aromatic carbocycles. The van der Waals surface area contributed by atoms with E-state index in [0.29, 0.717) is 0 Å². The predicted molar refractivity (Wildman–Crippen MR) is 45.6 cm³/mol. The fourth-order valence-corrected chi connectivity index (χ4v) is 1.54. The molecule has 6 heteroatoms. The number of aliphatic hydroxyl groups excluding tert-OH is 3. The third-order valence-electron chi connectivity index (χ3n) is 2.33. The van der Waals surface area contributed by atoms with Gasteiger partial charge in [0, 0.05) is 14.2 Å². The molecular formula is C8H16O6. The third-order valence-corrected chi connectivity index (χ3v) is 2.33. The van der Waals surface area contributed by atoms with Crippen LogP contribution >= 0.6 is 0 Å². The standard InChI is InChI=1S/C8H16O6/c1-12-7-4(3-9)14-8(13-2)6(11)5(7)10/h4-11H,3H2,1-2H3/t4?,5-,6?,7-,8-/m1/s1. The molecule has 0 amide bonds. The van der Waals surface area contributed by atoms with Crippen molar-refractivity contribution in [3.05, 3.63) is 0 Å². The molecule has 1 aliphatic rings. The second-order valence-corrected chi connectivity index (χ2v) is 3.14. The maximum Gasteiger partial charge on any atom is 0.186 e. The van der Waals surface area contributed by atoms with Crippen molar-refractivity contribution in [3.63, 3.8) is 0 Å². The normalized spacial score (nSPS) is 43.9. The zero-order valence-electron chi connectivity index (χ0n) is 8.16. The maximum atomic E-state index is 9.59. The van der Waals surface area contributed by atoms with Crippen molar-refractivity contribution < 1.29 is 29.5 Å². The van der Waals surface area contributed by atoms with Crippen molar-refractivity contribution in [1.29, 1.82) is 0 Å². The maximum absolute atomic E-state index is 9.59. The van der Waals surface area contributed by atoms with E-state index in [9.17, 15) is 10.2 Å². The van der Waals surface area contributed by atoms with Crippen LogP contribution in [0.5, 0.6) is 0 Å². The zero-order valence-corrected chi connectivity index (χ0v) is 8.16. The summed E-state index contributed by atoms with van der Waals surface area (Å²) in [6.07, 6.45) is -4.68. The lowest BCUT2D eigenvalue weighted by Crippen LogP contribution is -2.59. The summed E-state index contributed by atoms with van der Waals surface area (Å²) < 4.78 is 14.9. The first-order valence-corrected chi connectivity index (χ1v) is 4.33. The highest BCUT2D eigenvalue weighted by Gasteiger charge is 2.44. The van der Waals surface area contributed by atoms with Crippen LogP contribution in [-0.2, 0) is 14.2 Å². The van der Waals surface area contributed by atoms with Crippen molar-refractivity contribution >= 4 is 0 Å². The molecule has 3 N–H and O–H groups in total. The summed E-state index contributed by atoms with van der Waals surface area (Å²) in [6.45, 7) is -0.303. The van der Waals surface area contributed by atoms with Crippen molar-refractivity contribution in [2.24, 2.45) is 0 Å². The van der Waals surface area contributed by atoms with Crippen LogP contribution in [0.1, 0.15) is 0 Å². The molecule has 5 atom stereocenters. The van der Waals surface area contributed by atoms with E-state index >= 15 is 0 Å². The smallest absolute Gasteiger partial charge is 0.186 e. The minimum absolute atomic E-state index is 0.303. The Labute approximate surface area is 82.0 Å². The summed E-state index contributed by atoms with van der Waals surface area (Å²) in [5.41, 5.74) is 0. The average molecular weight is 208 g/mol. The zero-order chi connectivity index (χ0) is 10.7. The minimum Gasteiger partial charge on any atom is -0.394 e. The average Bonchev–Trinajstić information content (AvgIpc) is 2.21. The molecule has 1 heterocycles. The number of hydrogen-bond acceptors (Lipinski definition) is 6. The number of hydrogen-bond donors (Lipinski definition) is 3. The van der Waals surface area contributed by atoms with Crippen LogP contribution in [0.2, 0.25) is 0 Å². The highest BCUT2D eigenvalue weighted by Crippen LogP contribution is 2.23. The molecule has 1 saturated heterocycles. The second-order valence-electron chi connectivity index (χ2n) is 3.14. The second kappa shape index (κ2) is 5.01. The number of aliphatic hydroxyl groups is 3. The van der Waals surface area contributed by atoms with E-state index in [1.807, 2.05) is 0 Å². The fourth-order valence-electron chi connectivity index (χ4n) is 1.54. The van der Waals surface area contributed by atoms with E-state index in [4.69, 9.17) is 19.3 Å². The summed E-state index contributed by atoms with van der Waals surface area (Å²) >= 11 is 0. The van der Waals surface area contributed by atoms with E-state index in [1.165, 1.54) is 14.2 Å². The van der Waals surface area contributed by atoms with Gasteiger partial charge in [0.05, 0.1) is 6.61 Å². The Morgan fingerprint density at radius 1 is 1.14 bits per heavy atom. The van der Waals surface area contributed by atoms with Gasteiger partial charge in [0.15, 0.2) is 6.29 Å². The summed E-state index contributed by atoms with van der Waals surface area (Å²) in [6, 6.07) is 0. The lowest BCUT2D eigenvalue weighted by molar-refractivity contribution is -0.298. The SMILES string of the molecule is CO[C@@H]1OC(CO)[C@@H](OC)[C@H](O)C1O. The first-order valence-electron chi connectivity index (χ1n) is 4.33. The van der Waals surface area contributed by atoms with E-state index in [2.05, 4.69) is 0 Å². The Hall–Kier alpha value is -0.240. The number of ether oxygens (including phenoxy) is 3. The number of methoxy groups -OCH3 is 2. The predicted octanol–water partition coefficient (Wildman–Crippen LogP) is -1.91. The molecule has 0 bridgehead atoms. The van der Waals surface area contributed by atoms with E-state index < -0.39 is 30.7 Å². The Morgan fingerprint density at radius 2 is 1.79 bits per heavy atom. The van der Waals surface area contributed by atoms with E-state index in [0.717, 1.165) is 0 Å². The molecule has 0 radical (unpaired) electrons. The molecule has 84 valence electrons. The molecule has 0 spiro atoms. The van der Waals surface area contributed by atoms with E-state index in [-0.39, 0.29) is 6.61 Å². The molecule has 0 aromatic heterocycles. The van der Waals surface area contributed by atoms with Gasteiger partial charge in [-0.2, -0.15) is 0 Å². The van der Waals surface area contributed by atoms with Gasteiger partial charge >= 0.3 is 0 Å². The Morgan fingerprint density at radius 3 is 2.21 bits per heavy atom. The van der Waals surface area contributed by atoms with Crippen LogP contribution in [-0.4, -0.2) is 66.9 Å². The first-order chi connectivity index (χ1) is 6.65. The van der Waals surface area contributed by atoms with Gasteiger partial charge in [0.25, 0.3) is 0 Å². The van der Waals surface area contributed by atoms with Crippen LogP contribution in [0.3, 0.4) is 0 Å². The van der Waals surface area contributed by atoms with Gasteiger partial charge in [-0.25, -0.2) is 0 Å². The summed E-state index contributed by atoms with van der Waals surface area (Å²) in [5, 5.41) is 28.0. The van der Waals surface area contributed by atoms with Gasteiger partial charge in [-0.15, -0.1) is 0 Å². The van der Waals surface area contributed by atoms with Crippen LogP contribution in [0.4, 0.5) is 0 Å². The van der Waals surface area contributed by atoms with Crippen molar-refractivity contribution in [2.75, 3.05) is 20.8 Å². The van der Waals surface area contributed by atoms with Crippen LogP contribution < -0.4 is 0 Å². The molecule has 1 rings (SSSR count). The summed E-state index contributed by atoms with van der Waals surface area (Å²) in [7, 11) is 2.72. The topological polar surface area (TPSA) is 88.4 Å². The van der Waals surface area contributed by atoms with E-state index in [1.54, 1.807) is 0 Å². The molecule has 6 nitrogen and oxygen atoms in total. The Kier molecular flexibility index (Phi) is 4.24. The first kappa shape index (κ1) is 11.8. The monoisotopic (exact) mass is 208 g/mol. The summed E-state index contributed by atoms with van der Waals surface area (Å²) in [5.74, 6) is 0. The van der Waals surface area contributed by atoms with Gasteiger partial charge in [0.1, 0.15) is 24.4 Å². The highest BCUT2D eigenvalue weighted by molar-refractivity contribution is 4.89. The van der Waals surface area contributed by atoms with Gasteiger partial charge in [-0.3, -0.25) is 0 Å². The van der Waals surface area contributed by atoms with Gasteiger partial charge in [0.2, 0.25) is 0 Å². The minimum atomic E-state index is -1.17. The van der Waals surface area contributed by atoms with Crippen molar-refractivity contribution in [1.82, 2.24) is 0 Å². The fraction of sp³-hybridized carbons (Fsp3) is 1.00. The quantitative estimate of drug-likeness (QED) is 0.501. The van der Waals surface area contributed by atoms with Gasteiger partial charge in [-0.05, 0) is 0 Å². The number of rotatable bonds is 3. The lowest BCUT2D eigenvalue weighted by atomic mass is 9.99. The molecular weight excluding hydrogens is 192 g/mol. The molecule has 0 aliphatic carbocycles. The van der Waals surface area contributed by atoms with Crippen molar-refractivity contribution in [3.8, 4) is 0 Å². The van der Waals surface area contributed by atoms with Crippen LogP contribution in [0, 0.1) is 0 Å². The highest BCUT2D eigenvalue weighted by atomic mass is 16.7. The van der Waals surface area contributed by atoms with Gasteiger partial charge < -0.3 is 29.5 Å². The lowest BCUT2D eigenvalue weighted by Gasteiger charge is -2.40. The Bertz CT molecular complexity index is 173. The third kappa shape index (κ3) is 2.05. The van der Waals surface area contributed by atoms with Gasteiger partial charge in [-0.1, -0.05) is 0 Å².